The molecule has 1 atom stereocenters. The Morgan fingerprint density at radius 3 is 2.42 bits per heavy atom. The fourth-order valence-corrected chi connectivity index (χ4v) is 2.60. The van der Waals surface area contributed by atoms with E-state index in [1.165, 1.54) is 20.0 Å². The molecular weight excluding hydrogens is 242 g/mol. The van der Waals surface area contributed by atoms with Gasteiger partial charge in [0.05, 0.1) is 7.11 Å². The van der Waals surface area contributed by atoms with Crippen LogP contribution in [0.4, 0.5) is 0 Å². The molecule has 1 aliphatic heterocycles. The first kappa shape index (κ1) is 16.4. The van der Waals surface area contributed by atoms with Crippen molar-refractivity contribution in [2.75, 3.05) is 47.9 Å². The Balaban J connectivity index is 2.39. The molecule has 0 saturated carbocycles. The van der Waals surface area contributed by atoms with Gasteiger partial charge in [-0.3, -0.25) is 4.79 Å². The van der Waals surface area contributed by atoms with Crippen LogP contribution < -0.4 is 5.32 Å². The third-order valence-electron chi connectivity index (χ3n) is 4.40. The summed E-state index contributed by atoms with van der Waals surface area (Å²) in [7, 11) is 7.56. The SMILES string of the molecule is CNC(C)(CCN1CCC(N(C)C)CC1)C(=O)OC. The van der Waals surface area contributed by atoms with Crippen LogP contribution in [0.25, 0.3) is 0 Å². The lowest BCUT2D eigenvalue weighted by Crippen LogP contribution is -2.51. The monoisotopic (exact) mass is 271 g/mol. The van der Waals surface area contributed by atoms with E-state index in [1.807, 2.05) is 14.0 Å². The van der Waals surface area contributed by atoms with Crippen LogP contribution in [-0.2, 0) is 9.53 Å². The highest BCUT2D eigenvalue weighted by molar-refractivity contribution is 5.80. The largest absolute Gasteiger partial charge is 0.468 e. The second kappa shape index (κ2) is 7.22. The minimum atomic E-state index is -0.576. The predicted molar refractivity (Wildman–Crippen MR) is 77.2 cm³/mol. The number of methoxy groups -OCH3 is 1. The number of esters is 1. The molecular formula is C14H29N3O2. The zero-order chi connectivity index (χ0) is 14.5. The highest BCUT2D eigenvalue weighted by Crippen LogP contribution is 2.17. The molecule has 19 heavy (non-hydrogen) atoms. The van der Waals surface area contributed by atoms with E-state index in [-0.39, 0.29) is 5.97 Å². The molecule has 1 N–H and O–H groups in total. The molecule has 5 nitrogen and oxygen atoms in total. The van der Waals surface area contributed by atoms with Gasteiger partial charge in [0.1, 0.15) is 5.54 Å². The van der Waals surface area contributed by atoms with E-state index in [4.69, 9.17) is 4.74 Å². The smallest absolute Gasteiger partial charge is 0.325 e. The van der Waals surface area contributed by atoms with Gasteiger partial charge in [-0.15, -0.1) is 0 Å². The normalized spacial score (nSPS) is 21.4. The van der Waals surface area contributed by atoms with Gasteiger partial charge in [0, 0.05) is 12.6 Å². The second-order valence-corrected chi connectivity index (χ2v) is 5.86. The van der Waals surface area contributed by atoms with E-state index in [0.717, 1.165) is 26.1 Å². The number of hydrogen-bond donors (Lipinski definition) is 1. The first-order chi connectivity index (χ1) is 8.92. The van der Waals surface area contributed by atoms with Gasteiger partial charge in [-0.25, -0.2) is 0 Å². The number of nitrogens with zero attached hydrogens (tertiary/aromatic N) is 2. The lowest BCUT2D eigenvalue weighted by Gasteiger charge is -2.36. The molecule has 1 rings (SSSR count). The van der Waals surface area contributed by atoms with Gasteiger partial charge in [-0.1, -0.05) is 0 Å². The highest BCUT2D eigenvalue weighted by Gasteiger charge is 2.33. The van der Waals surface area contributed by atoms with Gasteiger partial charge in [-0.05, 0) is 60.4 Å². The summed E-state index contributed by atoms with van der Waals surface area (Å²) in [4.78, 5) is 16.5. The van der Waals surface area contributed by atoms with Crippen molar-refractivity contribution in [2.45, 2.75) is 37.8 Å². The van der Waals surface area contributed by atoms with Crippen molar-refractivity contribution in [3.05, 3.63) is 0 Å². The van der Waals surface area contributed by atoms with Gasteiger partial charge in [0.15, 0.2) is 0 Å². The average Bonchev–Trinajstić information content (AvgIpc) is 2.44. The zero-order valence-electron chi connectivity index (χ0n) is 13.0. The van der Waals surface area contributed by atoms with Crippen molar-refractivity contribution in [2.24, 2.45) is 0 Å². The molecule has 5 heteroatoms. The molecule has 1 saturated heterocycles. The topological polar surface area (TPSA) is 44.8 Å². The minimum Gasteiger partial charge on any atom is -0.468 e. The van der Waals surface area contributed by atoms with E-state index in [9.17, 15) is 4.79 Å². The Bertz CT molecular complexity index is 288. The standard InChI is InChI=1S/C14H29N3O2/c1-14(15-2,13(18)19-5)8-11-17-9-6-12(7-10-17)16(3)4/h12,15H,6-11H2,1-5H3. The molecule has 112 valence electrons. The lowest BCUT2D eigenvalue weighted by molar-refractivity contribution is -0.148. The Labute approximate surface area is 117 Å². The molecule has 0 aromatic carbocycles. The fourth-order valence-electron chi connectivity index (χ4n) is 2.60. The maximum absolute atomic E-state index is 11.8. The Morgan fingerprint density at radius 2 is 2.00 bits per heavy atom. The maximum atomic E-state index is 11.8. The number of likely N-dealkylation sites (N-methyl/N-ethyl adjacent to an activating group) is 1. The van der Waals surface area contributed by atoms with Gasteiger partial charge in [0.25, 0.3) is 0 Å². The van der Waals surface area contributed by atoms with Crippen LogP contribution in [0.3, 0.4) is 0 Å². The molecule has 0 spiro atoms. The third kappa shape index (κ3) is 4.44. The highest BCUT2D eigenvalue weighted by atomic mass is 16.5. The zero-order valence-corrected chi connectivity index (χ0v) is 13.0. The van der Waals surface area contributed by atoms with Crippen molar-refractivity contribution < 1.29 is 9.53 Å². The summed E-state index contributed by atoms with van der Waals surface area (Å²) in [5.41, 5.74) is -0.576. The van der Waals surface area contributed by atoms with Crippen LogP contribution >= 0.6 is 0 Å². The number of piperidine rings is 1. The van der Waals surface area contributed by atoms with Crippen LogP contribution in [0.15, 0.2) is 0 Å². The second-order valence-electron chi connectivity index (χ2n) is 5.86. The van der Waals surface area contributed by atoms with E-state index < -0.39 is 5.54 Å². The molecule has 1 heterocycles. The molecule has 0 aromatic heterocycles. The summed E-state index contributed by atoms with van der Waals surface area (Å²) in [6, 6.07) is 0.701. The predicted octanol–water partition coefficient (Wildman–Crippen LogP) is 0.554. The van der Waals surface area contributed by atoms with E-state index in [1.54, 1.807) is 0 Å². The van der Waals surface area contributed by atoms with Crippen LogP contribution in [0.5, 0.6) is 0 Å². The van der Waals surface area contributed by atoms with Gasteiger partial charge >= 0.3 is 5.97 Å². The summed E-state index contributed by atoms with van der Waals surface area (Å²) in [6.45, 7) is 5.08. The minimum absolute atomic E-state index is 0.182. The summed E-state index contributed by atoms with van der Waals surface area (Å²) in [5, 5.41) is 3.09. The van der Waals surface area contributed by atoms with E-state index >= 15 is 0 Å². The molecule has 0 aromatic rings. The molecule has 1 aliphatic rings. The summed E-state index contributed by atoms with van der Waals surface area (Å²) in [6.07, 6.45) is 3.20. The number of carbonyl (C=O) groups is 1. The van der Waals surface area contributed by atoms with Gasteiger partial charge in [0.2, 0.25) is 0 Å². The Hall–Kier alpha value is -0.650. The Morgan fingerprint density at radius 1 is 1.42 bits per heavy atom. The summed E-state index contributed by atoms with van der Waals surface area (Å²) >= 11 is 0. The van der Waals surface area contributed by atoms with E-state index in [0.29, 0.717) is 6.04 Å². The third-order valence-corrected chi connectivity index (χ3v) is 4.40. The van der Waals surface area contributed by atoms with Gasteiger partial charge in [-0.2, -0.15) is 0 Å². The number of hydrogen-bond acceptors (Lipinski definition) is 5. The number of nitrogens with one attached hydrogen (secondary N) is 1. The molecule has 0 amide bonds. The van der Waals surface area contributed by atoms with Crippen LogP contribution in [0, 0.1) is 0 Å². The van der Waals surface area contributed by atoms with Crippen molar-refractivity contribution in [1.82, 2.24) is 15.1 Å². The quantitative estimate of drug-likeness (QED) is 0.715. The fraction of sp³-hybridized carbons (Fsp3) is 0.929. The first-order valence-electron chi connectivity index (χ1n) is 7.09. The van der Waals surface area contributed by atoms with Crippen molar-refractivity contribution in [3.63, 3.8) is 0 Å². The van der Waals surface area contributed by atoms with E-state index in [2.05, 4.69) is 29.2 Å². The summed E-state index contributed by atoms with van der Waals surface area (Å²) < 4.78 is 4.87. The number of rotatable bonds is 6. The van der Waals surface area contributed by atoms with Crippen molar-refractivity contribution >= 4 is 5.97 Å². The Kier molecular flexibility index (Phi) is 6.23. The maximum Gasteiger partial charge on any atom is 0.325 e. The van der Waals surface area contributed by atoms with Crippen LogP contribution in [-0.4, -0.2) is 75.2 Å². The molecule has 0 aliphatic carbocycles. The average molecular weight is 271 g/mol. The molecule has 1 unspecified atom stereocenters. The molecule has 0 bridgehead atoms. The number of carbonyl (C=O) groups excluding carboxylic acids is 1. The van der Waals surface area contributed by atoms with Crippen LogP contribution in [0.2, 0.25) is 0 Å². The molecule has 0 radical (unpaired) electrons. The number of likely N-dealkylation sites (tertiary alicyclic amines) is 1. The number of ether oxygens (including phenoxy) is 1. The lowest BCUT2D eigenvalue weighted by atomic mass is 9.96. The van der Waals surface area contributed by atoms with Gasteiger partial charge < -0.3 is 19.9 Å². The molecule has 1 fully saturated rings. The van der Waals surface area contributed by atoms with Crippen LogP contribution in [0.1, 0.15) is 26.2 Å². The van der Waals surface area contributed by atoms with Crippen molar-refractivity contribution in [1.29, 1.82) is 0 Å². The van der Waals surface area contributed by atoms with Crippen molar-refractivity contribution in [3.8, 4) is 0 Å². The summed E-state index contributed by atoms with van der Waals surface area (Å²) in [5.74, 6) is -0.182. The first-order valence-corrected chi connectivity index (χ1v) is 7.09.